The lowest BCUT2D eigenvalue weighted by Crippen LogP contribution is -2.56. The van der Waals surface area contributed by atoms with E-state index in [-0.39, 0.29) is 5.54 Å². The van der Waals surface area contributed by atoms with Crippen LogP contribution in [0, 0.1) is 0 Å². The first-order valence-corrected chi connectivity index (χ1v) is 6.34. The Morgan fingerprint density at radius 3 is 2.88 bits per heavy atom. The molecule has 0 amide bonds. The molecule has 1 aromatic rings. The highest BCUT2D eigenvalue weighted by molar-refractivity contribution is 6.00. The molecule has 0 bridgehead atoms. The van der Waals surface area contributed by atoms with Crippen LogP contribution in [0.5, 0.6) is 0 Å². The monoisotopic (exact) mass is 229 g/mol. The Morgan fingerprint density at radius 1 is 1.29 bits per heavy atom. The molecule has 3 heteroatoms. The minimum Gasteiger partial charge on any atom is -0.361 e. The molecule has 0 aliphatic carbocycles. The highest BCUT2D eigenvalue weighted by Gasteiger charge is 2.38. The molecule has 0 saturated carbocycles. The maximum atomic E-state index is 4.70. The summed E-state index contributed by atoms with van der Waals surface area (Å²) in [5.74, 6) is 1.07. The van der Waals surface area contributed by atoms with Crippen molar-refractivity contribution in [1.29, 1.82) is 0 Å². The number of likely N-dealkylation sites (N-methyl/N-ethyl adjacent to an activating group) is 1. The van der Waals surface area contributed by atoms with Gasteiger partial charge < -0.3 is 10.2 Å². The Balaban J connectivity index is 1.76. The molecule has 1 atom stereocenters. The Morgan fingerprint density at radius 2 is 2.12 bits per heavy atom. The van der Waals surface area contributed by atoms with Crippen molar-refractivity contribution >= 4 is 5.84 Å². The summed E-state index contributed by atoms with van der Waals surface area (Å²) < 4.78 is 0. The summed E-state index contributed by atoms with van der Waals surface area (Å²) in [6.45, 7) is 3.23. The fraction of sp³-hybridized carbons (Fsp3) is 0.500. The molecule has 0 aromatic heterocycles. The fourth-order valence-corrected chi connectivity index (χ4v) is 2.91. The molecule has 3 nitrogen and oxygen atoms in total. The number of aliphatic imine (C=N–C) groups is 1. The minimum absolute atomic E-state index is 0.193. The Hall–Kier alpha value is -1.35. The number of nitrogens with one attached hydrogen (secondary N) is 1. The van der Waals surface area contributed by atoms with Gasteiger partial charge in [-0.15, -0.1) is 0 Å². The van der Waals surface area contributed by atoms with Crippen molar-refractivity contribution < 1.29 is 0 Å². The molecule has 1 saturated heterocycles. The Bertz CT molecular complexity index is 426. The molecule has 0 unspecified atom stereocenters. The zero-order chi connectivity index (χ0) is 11.7. The second kappa shape index (κ2) is 4.15. The maximum Gasteiger partial charge on any atom is 0.128 e. The van der Waals surface area contributed by atoms with E-state index in [0.717, 1.165) is 18.9 Å². The summed E-state index contributed by atoms with van der Waals surface area (Å²) in [5.41, 5.74) is 1.40. The first kappa shape index (κ1) is 10.8. The van der Waals surface area contributed by atoms with Gasteiger partial charge in [0.05, 0.1) is 12.1 Å². The lowest BCUT2D eigenvalue weighted by atomic mass is 9.90. The van der Waals surface area contributed by atoms with E-state index in [1.807, 2.05) is 6.07 Å². The third-order valence-corrected chi connectivity index (χ3v) is 3.74. The van der Waals surface area contributed by atoms with Gasteiger partial charge in [0.15, 0.2) is 0 Å². The maximum absolute atomic E-state index is 4.70. The summed E-state index contributed by atoms with van der Waals surface area (Å²) in [7, 11) is 2.20. The van der Waals surface area contributed by atoms with Crippen LogP contribution in [-0.2, 0) is 0 Å². The third-order valence-electron chi connectivity index (χ3n) is 3.74. The number of benzene rings is 1. The van der Waals surface area contributed by atoms with Gasteiger partial charge in [-0.1, -0.05) is 30.3 Å². The molecule has 1 N–H and O–H groups in total. The van der Waals surface area contributed by atoms with E-state index in [1.54, 1.807) is 0 Å². The molecule has 2 aliphatic rings. The average Bonchev–Trinajstić information content (AvgIpc) is 2.74. The second-order valence-electron chi connectivity index (χ2n) is 5.28. The van der Waals surface area contributed by atoms with E-state index in [1.165, 1.54) is 24.9 Å². The molecular weight excluding hydrogens is 210 g/mol. The van der Waals surface area contributed by atoms with Crippen molar-refractivity contribution in [2.24, 2.45) is 4.99 Å². The molecule has 1 aromatic carbocycles. The smallest absolute Gasteiger partial charge is 0.128 e. The molecule has 1 fully saturated rings. The molecule has 90 valence electrons. The standard InChI is InChI=1S/C14H19N3/c1-17-9-5-8-14(11-17)10-15-13(16-14)12-6-3-2-4-7-12/h2-4,6-7H,5,8-11H2,1H3,(H,15,16)/t14-/m1/s1. The number of nitrogens with zero attached hydrogens (tertiary/aromatic N) is 2. The van der Waals surface area contributed by atoms with Crippen molar-refractivity contribution in [3.63, 3.8) is 0 Å². The molecule has 2 heterocycles. The zero-order valence-corrected chi connectivity index (χ0v) is 10.3. The van der Waals surface area contributed by atoms with Gasteiger partial charge in [0.25, 0.3) is 0 Å². The summed E-state index contributed by atoms with van der Waals surface area (Å²) in [6.07, 6.45) is 2.50. The molecule has 3 rings (SSSR count). The number of piperidine rings is 1. The fourth-order valence-electron chi connectivity index (χ4n) is 2.91. The summed E-state index contributed by atoms with van der Waals surface area (Å²) in [6, 6.07) is 10.4. The lowest BCUT2D eigenvalue weighted by molar-refractivity contribution is 0.175. The van der Waals surface area contributed by atoms with Crippen molar-refractivity contribution in [3.05, 3.63) is 35.9 Å². The van der Waals surface area contributed by atoms with Crippen LogP contribution in [0.3, 0.4) is 0 Å². The first-order valence-electron chi connectivity index (χ1n) is 6.34. The van der Waals surface area contributed by atoms with Crippen LogP contribution in [0.15, 0.2) is 35.3 Å². The number of amidine groups is 1. The van der Waals surface area contributed by atoms with Crippen LogP contribution in [-0.4, -0.2) is 43.0 Å². The zero-order valence-electron chi connectivity index (χ0n) is 10.3. The van der Waals surface area contributed by atoms with E-state index in [0.29, 0.717) is 0 Å². The van der Waals surface area contributed by atoms with E-state index in [4.69, 9.17) is 4.99 Å². The molecular formula is C14H19N3. The number of hydrogen-bond acceptors (Lipinski definition) is 3. The topological polar surface area (TPSA) is 27.6 Å². The minimum atomic E-state index is 0.193. The van der Waals surface area contributed by atoms with E-state index in [9.17, 15) is 0 Å². The number of likely N-dealkylation sites (tertiary alicyclic amines) is 1. The van der Waals surface area contributed by atoms with Gasteiger partial charge in [-0.05, 0) is 26.4 Å². The van der Waals surface area contributed by atoms with Gasteiger partial charge in [-0.2, -0.15) is 0 Å². The third kappa shape index (κ3) is 2.07. The van der Waals surface area contributed by atoms with Crippen LogP contribution in [0.1, 0.15) is 18.4 Å². The van der Waals surface area contributed by atoms with Crippen LogP contribution in [0.4, 0.5) is 0 Å². The van der Waals surface area contributed by atoms with E-state index < -0.39 is 0 Å². The van der Waals surface area contributed by atoms with E-state index >= 15 is 0 Å². The molecule has 2 aliphatic heterocycles. The SMILES string of the molecule is CN1CCC[C@@]2(CN=C(c3ccccc3)N2)C1. The van der Waals surface area contributed by atoms with Gasteiger partial charge in [0, 0.05) is 12.1 Å². The summed E-state index contributed by atoms with van der Waals surface area (Å²) in [4.78, 5) is 7.10. The molecule has 0 radical (unpaired) electrons. The quantitative estimate of drug-likeness (QED) is 0.790. The normalized spacial score (nSPS) is 29.1. The van der Waals surface area contributed by atoms with Crippen LogP contribution < -0.4 is 5.32 Å². The largest absolute Gasteiger partial charge is 0.361 e. The summed E-state index contributed by atoms with van der Waals surface area (Å²) in [5, 5.41) is 3.66. The van der Waals surface area contributed by atoms with Gasteiger partial charge >= 0.3 is 0 Å². The predicted octanol–water partition coefficient (Wildman–Crippen LogP) is 1.50. The lowest BCUT2D eigenvalue weighted by Gasteiger charge is -2.38. The predicted molar refractivity (Wildman–Crippen MR) is 70.4 cm³/mol. The second-order valence-corrected chi connectivity index (χ2v) is 5.28. The van der Waals surface area contributed by atoms with Gasteiger partial charge in [0.1, 0.15) is 5.84 Å². The Labute approximate surface area is 103 Å². The van der Waals surface area contributed by atoms with Gasteiger partial charge in [-0.25, -0.2) is 0 Å². The van der Waals surface area contributed by atoms with Crippen molar-refractivity contribution in [2.45, 2.75) is 18.4 Å². The van der Waals surface area contributed by atoms with Crippen molar-refractivity contribution in [3.8, 4) is 0 Å². The van der Waals surface area contributed by atoms with Gasteiger partial charge in [-0.3, -0.25) is 4.99 Å². The van der Waals surface area contributed by atoms with Crippen molar-refractivity contribution in [2.75, 3.05) is 26.7 Å². The average molecular weight is 229 g/mol. The summed E-state index contributed by atoms with van der Waals surface area (Å²) >= 11 is 0. The van der Waals surface area contributed by atoms with Crippen molar-refractivity contribution in [1.82, 2.24) is 10.2 Å². The highest BCUT2D eigenvalue weighted by Crippen LogP contribution is 2.25. The molecule has 17 heavy (non-hydrogen) atoms. The number of hydrogen-bond donors (Lipinski definition) is 1. The van der Waals surface area contributed by atoms with E-state index in [2.05, 4.69) is 41.5 Å². The molecule has 1 spiro atoms. The van der Waals surface area contributed by atoms with Crippen LogP contribution in [0.2, 0.25) is 0 Å². The van der Waals surface area contributed by atoms with Crippen LogP contribution in [0.25, 0.3) is 0 Å². The number of rotatable bonds is 1. The van der Waals surface area contributed by atoms with Gasteiger partial charge in [0.2, 0.25) is 0 Å². The first-order chi connectivity index (χ1) is 8.27. The van der Waals surface area contributed by atoms with Crippen LogP contribution >= 0.6 is 0 Å². The highest BCUT2D eigenvalue weighted by atomic mass is 15.2. The Kier molecular flexibility index (Phi) is 2.63.